The van der Waals surface area contributed by atoms with Gasteiger partial charge in [-0.05, 0) is 56.9 Å². The van der Waals surface area contributed by atoms with E-state index in [0.29, 0.717) is 18.2 Å². The summed E-state index contributed by atoms with van der Waals surface area (Å²) in [6.45, 7) is 3.54. The topological polar surface area (TPSA) is 52.6 Å². The second-order valence-electron chi connectivity index (χ2n) is 7.52. The SMILES string of the molecule is O=C([C@@H]1CCNC1)N1CCC(CC2CC(Cl)C(Cl)CC2O)CC1. The quantitative estimate of drug-likeness (QED) is 0.756. The van der Waals surface area contributed by atoms with Crippen molar-refractivity contribution in [1.29, 1.82) is 0 Å². The van der Waals surface area contributed by atoms with Crippen LogP contribution in [0.4, 0.5) is 0 Å². The fraction of sp³-hybridized carbons (Fsp3) is 0.941. The Balaban J connectivity index is 1.44. The number of nitrogens with one attached hydrogen (secondary N) is 1. The first-order valence-electron chi connectivity index (χ1n) is 9.00. The van der Waals surface area contributed by atoms with Gasteiger partial charge in [-0.15, -0.1) is 23.2 Å². The molecule has 2 saturated heterocycles. The molecule has 0 bridgehead atoms. The molecule has 132 valence electrons. The van der Waals surface area contributed by atoms with E-state index in [1.165, 1.54) is 0 Å². The number of carbonyl (C=O) groups excluding carboxylic acids is 1. The summed E-state index contributed by atoms with van der Waals surface area (Å²) in [6.07, 6.45) is 5.18. The smallest absolute Gasteiger partial charge is 0.227 e. The minimum Gasteiger partial charge on any atom is -0.393 e. The first-order chi connectivity index (χ1) is 11.0. The van der Waals surface area contributed by atoms with E-state index in [4.69, 9.17) is 23.2 Å². The van der Waals surface area contributed by atoms with Crippen LogP contribution < -0.4 is 5.32 Å². The van der Waals surface area contributed by atoms with Crippen molar-refractivity contribution >= 4 is 29.1 Å². The number of hydrogen-bond acceptors (Lipinski definition) is 3. The average molecular weight is 363 g/mol. The molecule has 0 spiro atoms. The zero-order chi connectivity index (χ0) is 16.4. The second-order valence-corrected chi connectivity index (χ2v) is 8.65. The average Bonchev–Trinajstić information content (AvgIpc) is 3.07. The van der Waals surface area contributed by atoms with Crippen molar-refractivity contribution in [3.05, 3.63) is 0 Å². The summed E-state index contributed by atoms with van der Waals surface area (Å²) in [5, 5.41) is 13.4. The van der Waals surface area contributed by atoms with Crippen LogP contribution in [0.25, 0.3) is 0 Å². The van der Waals surface area contributed by atoms with Crippen LogP contribution in [0.2, 0.25) is 0 Å². The second kappa shape index (κ2) is 7.90. The number of rotatable bonds is 3. The Morgan fingerprint density at radius 2 is 1.83 bits per heavy atom. The number of hydrogen-bond donors (Lipinski definition) is 2. The summed E-state index contributed by atoms with van der Waals surface area (Å²) in [5.41, 5.74) is 0. The molecule has 2 heterocycles. The van der Waals surface area contributed by atoms with Crippen molar-refractivity contribution < 1.29 is 9.90 Å². The lowest BCUT2D eigenvalue weighted by atomic mass is 9.77. The van der Waals surface area contributed by atoms with Gasteiger partial charge in [-0.3, -0.25) is 4.79 Å². The highest BCUT2D eigenvalue weighted by Crippen LogP contribution is 2.37. The maximum Gasteiger partial charge on any atom is 0.227 e. The first kappa shape index (κ1) is 17.8. The van der Waals surface area contributed by atoms with Gasteiger partial charge in [-0.1, -0.05) is 0 Å². The minimum absolute atomic E-state index is 0.0263. The molecule has 1 saturated carbocycles. The number of amides is 1. The molecule has 4 unspecified atom stereocenters. The van der Waals surface area contributed by atoms with Crippen molar-refractivity contribution in [2.75, 3.05) is 26.2 Å². The van der Waals surface area contributed by atoms with Crippen molar-refractivity contribution in [2.45, 2.75) is 55.4 Å². The highest BCUT2D eigenvalue weighted by Gasteiger charge is 2.36. The molecule has 0 radical (unpaired) electrons. The molecule has 6 heteroatoms. The van der Waals surface area contributed by atoms with Crippen LogP contribution in [-0.4, -0.2) is 59.0 Å². The van der Waals surface area contributed by atoms with E-state index in [-0.39, 0.29) is 28.7 Å². The maximum absolute atomic E-state index is 12.4. The fourth-order valence-electron chi connectivity index (χ4n) is 4.36. The molecule has 23 heavy (non-hydrogen) atoms. The number of halogens is 2. The molecular weight excluding hydrogens is 335 g/mol. The molecule has 0 aromatic carbocycles. The van der Waals surface area contributed by atoms with Gasteiger partial charge in [0.2, 0.25) is 5.91 Å². The van der Waals surface area contributed by atoms with Gasteiger partial charge in [0, 0.05) is 19.6 Å². The van der Waals surface area contributed by atoms with Crippen molar-refractivity contribution in [2.24, 2.45) is 17.8 Å². The molecule has 4 nitrogen and oxygen atoms in total. The summed E-state index contributed by atoms with van der Waals surface area (Å²) >= 11 is 12.4. The summed E-state index contributed by atoms with van der Waals surface area (Å²) in [6, 6.07) is 0. The zero-order valence-electron chi connectivity index (χ0n) is 13.6. The third kappa shape index (κ3) is 4.33. The number of aliphatic hydroxyl groups is 1. The molecule has 0 aromatic rings. The van der Waals surface area contributed by atoms with Crippen LogP contribution in [0.5, 0.6) is 0 Å². The van der Waals surface area contributed by atoms with E-state index in [0.717, 1.165) is 58.3 Å². The Labute approximate surface area is 148 Å². The molecule has 1 amide bonds. The predicted molar refractivity (Wildman–Crippen MR) is 92.9 cm³/mol. The van der Waals surface area contributed by atoms with Crippen LogP contribution in [0.3, 0.4) is 0 Å². The normalized spacial score (nSPS) is 39.6. The van der Waals surface area contributed by atoms with Crippen LogP contribution in [-0.2, 0) is 4.79 Å². The monoisotopic (exact) mass is 362 g/mol. The third-order valence-corrected chi connectivity index (χ3v) is 7.00. The molecule has 3 aliphatic rings. The van der Waals surface area contributed by atoms with Gasteiger partial charge in [0.25, 0.3) is 0 Å². The summed E-state index contributed by atoms with van der Waals surface area (Å²) in [4.78, 5) is 14.5. The van der Waals surface area contributed by atoms with Crippen LogP contribution in [0.15, 0.2) is 0 Å². The maximum atomic E-state index is 12.4. The van der Waals surface area contributed by atoms with E-state index >= 15 is 0 Å². The highest BCUT2D eigenvalue weighted by atomic mass is 35.5. The number of carbonyl (C=O) groups is 1. The molecule has 2 N–H and O–H groups in total. The van der Waals surface area contributed by atoms with E-state index in [1.54, 1.807) is 0 Å². The van der Waals surface area contributed by atoms with Crippen LogP contribution in [0.1, 0.15) is 38.5 Å². The van der Waals surface area contributed by atoms with Crippen molar-refractivity contribution in [3.63, 3.8) is 0 Å². The molecule has 1 aliphatic carbocycles. The molecule has 2 aliphatic heterocycles. The van der Waals surface area contributed by atoms with E-state index in [2.05, 4.69) is 5.32 Å². The number of aliphatic hydroxyl groups excluding tert-OH is 1. The van der Waals surface area contributed by atoms with Gasteiger partial charge in [0.15, 0.2) is 0 Å². The Morgan fingerprint density at radius 1 is 1.13 bits per heavy atom. The standard InChI is InChI=1S/C17H28Cl2N2O2/c18-14-8-13(16(22)9-15(14)19)7-11-2-5-21(6-3-11)17(23)12-1-4-20-10-12/h11-16,20,22H,1-10H2/t12-,13?,14?,15?,16?/m1/s1. The van der Waals surface area contributed by atoms with Gasteiger partial charge in [-0.2, -0.15) is 0 Å². The van der Waals surface area contributed by atoms with E-state index in [9.17, 15) is 9.90 Å². The van der Waals surface area contributed by atoms with Crippen LogP contribution in [0, 0.1) is 17.8 Å². The summed E-state index contributed by atoms with van der Waals surface area (Å²) in [7, 11) is 0. The van der Waals surface area contributed by atoms with Gasteiger partial charge in [0.1, 0.15) is 0 Å². The number of alkyl halides is 2. The fourth-order valence-corrected chi connectivity index (χ4v) is 4.98. The summed E-state index contributed by atoms with van der Waals surface area (Å²) < 4.78 is 0. The number of piperidine rings is 1. The lowest BCUT2D eigenvalue weighted by molar-refractivity contribution is -0.136. The Morgan fingerprint density at radius 3 is 2.48 bits per heavy atom. The van der Waals surface area contributed by atoms with Crippen molar-refractivity contribution in [1.82, 2.24) is 10.2 Å². The molecular formula is C17H28Cl2N2O2. The van der Waals surface area contributed by atoms with Crippen molar-refractivity contribution in [3.8, 4) is 0 Å². The Bertz CT molecular complexity index is 409. The highest BCUT2D eigenvalue weighted by molar-refractivity contribution is 6.30. The first-order valence-corrected chi connectivity index (χ1v) is 9.87. The summed E-state index contributed by atoms with van der Waals surface area (Å²) in [5.74, 6) is 1.37. The molecule has 5 atom stereocenters. The van der Waals surface area contributed by atoms with Gasteiger partial charge < -0.3 is 15.3 Å². The molecule has 0 aromatic heterocycles. The molecule has 3 rings (SSSR count). The Hall–Kier alpha value is -0.0300. The lowest BCUT2D eigenvalue weighted by Gasteiger charge is -2.38. The number of likely N-dealkylation sites (tertiary alicyclic amines) is 1. The molecule has 3 fully saturated rings. The van der Waals surface area contributed by atoms with Gasteiger partial charge in [-0.25, -0.2) is 0 Å². The predicted octanol–water partition coefficient (Wildman–Crippen LogP) is 2.21. The minimum atomic E-state index is -0.322. The van der Waals surface area contributed by atoms with E-state index in [1.807, 2.05) is 4.90 Å². The number of nitrogens with zero attached hydrogens (tertiary/aromatic N) is 1. The Kier molecular flexibility index (Phi) is 6.11. The zero-order valence-corrected chi connectivity index (χ0v) is 15.1. The lowest BCUT2D eigenvalue weighted by Crippen LogP contribution is -2.43. The van der Waals surface area contributed by atoms with Gasteiger partial charge in [0.05, 0.1) is 22.8 Å². The van der Waals surface area contributed by atoms with Crippen LogP contribution >= 0.6 is 23.2 Å². The van der Waals surface area contributed by atoms with E-state index < -0.39 is 0 Å². The van der Waals surface area contributed by atoms with Gasteiger partial charge >= 0.3 is 0 Å². The largest absolute Gasteiger partial charge is 0.393 e. The third-order valence-electron chi connectivity index (χ3n) is 5.90.